The molecule has 0 aromatic heterocycles. The fourth-order valence-corrected chi connectivity index (χ4v) is 2.52. The Labute approximate surface area is 87.8 Å². The van der Waals surface area contributed by atoms with Crippen LogP contribution in [0.15, 0.2) is 0 Å². The summed E-state index contributed by atoms with van der Waals surface area (Å²) < 4.78 is 0. The molecule has 0 rings (SSSR count). The van der Waals surface area contributed by atoms with Crippen molar-refractivity contribution in [1.29, 1.82) is 0 Å². The second-order valence-electron chi connectivity index (χ2n) is 2.94. The first-order valence-electron chi connectivity index (χ1n) is 4.21. The van der Waals surface area contributed by atoms with Crippen molar-refractivity contribution in [2.24, 2.45) is 5.73 Å². The molecule has 0 saturated heterocycles. The lowest BCUT2D eigenvalue weighted by Gasteiger charge is -2.06. The number of carbonyl (C=O) groups is 1. The average molecular weight is 223 g/mol. The Morgan fingerprint density at radius 3 is 2.54 bits per heavy atom. The molecule has 13 heavy (non-hydrogen) atoms. The van der Waals surface area contributed by atoms with Crippen LogP contribution in [-0.4, -0.2) is 39.6 Å². The van der Waals surface area contributed by atoms with Crippen molar-refractivity contribution in [3.63, 3.8) is 0 Å². The minimum atomic E-state index is -0.913. The van der Waals surface area contributed by atoms with Gasteiger partial charge in [0.15, 0.2) is 0 Å². The summed E-state index contributed by atoms with van der Waals surface area (Å²) in [6, 6.07) is -0.714. The number of hydrogen-bond donors (Lipinski definition) is 2. The van der Waals surface area contributed by atoms with Gasteiger partial charge in [0.25, 0.3) is 0 Å². The Kier molecular flexibility index (Phi) is 7.60. The van der Waals surface area contributed by atoms with E-state index in [0.717, 1.165) is 11.5 Å². The van der Waals surface area contributed by atoms with E-state index in [1.165, 1.54) is 0 Å². The lowest BCUT2D eigenvalue weighted by molar-refractivity contribution is -0.137. The maximum Gasteiger partial charge on any atom is 0.321 e. The Morgan fingerprint density at radius 1 is 1.46 bits per heavy atom. The first kappa shape index (κ1) is 13.1. The van der Waals surface area contributed by atoms with Crippen molar-refractivity contribution in [2.45, 2.75) is 25.1 Å². The summed E-state index contributed by atoms with van der Waals surface area (Å²) >= 11 is 3.49. The van der Waals surface area contributed by atoms with Gasteiger partial charge in [0.05, 0.1) is 0 Å². The number of thioether (sulfide) groups is 2. The van der Waals surface area contributed by atoms with Gasteiger partial charge in [-0.1, -0.05) is 13.8 Å². The van der Waals surface area contributed by atoms with Gasteiger partial charge in [0.2, 0.25) is 0 Å². The maximum atomic E-state index is 10.3. The van der Waals surface area contributed by atoms with E-state index in [2.05, 4.69) is 13.8 Å². The molecule has 78 valence electrons. The predicted octanol–water partition coefficient (Wildman–Crippen LogP) is 1.27. The fourth-order valence-electron chi connectivity index (χ4n) is 0.624. The first-order valence-corrected chi connectivity index (χ1v) is 6.42. The zero-order valence-corrected chi connectivity index (χ0v) is 9.66. The largest absolute Gasteiger partial charge is 0.480 e. The molecule has 0 aromatic rings. The van der Waals surface area contributed by atoms with Gasteiger partial charge in [0.1, 0.15) is 6.04 Å². The molecule has 0 aliphatic carbocycles. The van der Waals surface area contributed by atoms with Crippen molar-refractivity contribution in [3.8, 4) is 0 Å². The molecule has 0 aliphatic rings. The SMILES string of the molecule is CC(C)SCCSCC(N)C(=O)O. The van der Waals surface area contributed by atoms with Gasteiger partial charge in [-0.3, -0.25) is 4.79 Å². The predicted molar refractivity (Wildman–Crippen MR) is 60.5 cm³/mol. The van der Waals surface area contributed by atoms with Crippen molar-refractivity contribution in [2.75, 3.05) is 17.3 Å². The zero-order chi connectivity index (χ0) is 10.3. The number of carboxylic acid groups (broad SMARTS) is 1. The number of carboxylic acids is 1. The zero-order valence-electron chi connectivity index (χ0n) is 8.03. The van der Waals surface area contributed by atoms with E-state index in [4.69, 9.17) is 10.8 Å². The van der Waals surface area contributed by atoms with Crippen LogP contribution in [0.3, 0.4) is 0 Å². The Hall–Kier alpha value is 0.130. The van der Waals surface area contributed by atoms with Crippen LogP contribution >= 0.6 is 23.5 Å². The quantitative estimate of drug-likeness (QED) is 0.636. The number of rotatable bonds is 7. The van der Waals surface area contributed by atoms with Gasteiger partial charge in [-0.2, -0.15) is 23.5 Å². The molecular weight excluding hydrogens is 206 g/mol. The van der Waals surface area contributed by atoms with E-state index < -0.39 is 12.0 Å². The number of aliphatic carboxylic acids is 1. The molecule has 0 radical (unpaired) electrons. The van der Waals surface area contributed by atoms with Crippen LogP contribution < -0.4 is 5.73 Å². The summed E-state index contributed by atoms with van der Waals surface area (Å²) in [4.78, 5) is 10.3. The van der Waals surface area contributed by atoms with E-state index >= 15 is 0 Å². The highest BCUT2D eigenvalue weighted by atomic mass is 32.2. The first-order chi connectivity index (χ1) is 6.04. The van der Waals surface area contributed by atoms with Crippen molar-refractivity contribution in [3.05, 3.63) is 0 Å². The third-order valence-electron chi connectivity index (χ3n) is 1.29. The number of nitrogens with two attached hydrogens (primary N) is 1. The molecule has 1 unspecified atom stereocenters. The fraction of sp³-hybridized carbons (Fsp3) is 0.875. The number of hydrogen-bond acceptors (Lipinski definition) is 4. The molecule has 0 bridgehead atoms. The van der Waals surface area contributed by atoms with Crippen LogP contribution in [0.1, 0.15) is 13.8 Å². The van der Waals surface area contributed by atoms with Crippen molar-refractivity contribution < 1.29 is 9.90 Å². The smallest absolute Gasteiger partial charge is 0.321 e. The van der Waals surface area contributed by atoms with Gasteiger partial charge < -0.3 is 10.8 Å². The molecule has 5 heteroatoms. The van der Waals surface area contributed by atoms with Crippen LogP contribution in [-0.2, 0) is 4.79 Å². The standard InChI is InChI=1S/C8H17NO2S2/c1-6(2)13-4-3-12-5-7(9)8(10)11/h6-7H,3-5,9H2,1-2H3,(H,10,11). The highest BCUT2D eigenvalue weighted by Crippen LogP contribution is 2.12. The Morgan fingerprint density at radius 2 is 2.08 bits per heavy atom. The highest BCUT2D eigenvalue weighted by Gasteiger charge is 2.10. The van der Waals surface area contributed by atoms with Gasteiger partial charge in [0, 0.05) is 17.3 Å². The van der Waals surface area contributed by atoms with Crippen LogP contribution in [0.25, 0.3) is 0 Å². The second kappa shape index (κ2) is 7.53. The summed E-state index contributed by atoms with van der Waals surface area (Å²) in [5.41, 5.74) is 5.33. The lowest BCUT2D eigenvalue weighted by atomic mass is 10.4. The van der Waals surface area contributed by atoms with Gasteiger partial charge in [-0.25, -0.2) is 0 Å². The van der Waals surface area contributed by atoms with E-state index in [9.17, 15) is 4.79 Å². The molecule has 0 aliphatic heterocycles. The monoisotopic (exact) mass is 223 g/mol. The molecule has 0 spiro atoms. The van der Waals surface area contributed by atoms with Crippen LogP contribution in [0, 0.1) is 0 Å². The molecule has 0 aromatic carbocycles. The normalized spacial score (nSPS) is 13.2. The lowest BCUT2D eigenvalue weighted by Crippen LogP contribution is -2.32. The van der Waals surface area contributed by atoms with Crippen molar-refractivity contribution in [1.82, 2.24) is 0 Å². The topological polar surface area (TPSA) is 63.3 Å². The summed E-state index contributed by atoms with van der Waals surface area (Å²) in [5, 5.41) is 9.13. The molecule has 3 N–H and O–H groups in total. The minimum absolute atomic E-state index is 0.508. The molecule has 1 atom stereocenters. The van der Waals surface area contributed by atoms with E-state index in [0.29, 0.717) is 11.0 Å². The maximum absolute atomic E-state index is 10.3. The molecule has 0 heterocycles. The molecule has 0 fully saturated rings. The Bertz CT molecular complexity index is 153. The molecular formula is C8H17NO2S2. The van der Waals surface area contributed by atoms with Crippen LogP contribution in [0.4, 0.5) is 0 Å². The third-order valence-corrected chi connectivity index (χ3v) is 3.75. The summed E-state index contributed by atoms with van der Waals surface area (Å²) in [6.07, 6.45) is 0. The highest BCUT2D eigenvalue weighted by molar-refractivity contribution is 8.03. The van der Waals surface area contributed by atoms with Gasteiger partial charge in [-0.15, -0.1) is 0 Å². The molecule has 3 nitrogen and oxygen atoms in total. The van der Waals surface area contributed by atoms with E-state index in [1.807, 2.05) is 11.8 Å². The van der Waals surface area contributed by atoms with Crippen LogP contribution in [0.5, 0.6) is 0 Å². The van der Waals surface area contributed by atoms with E-state index in [-0.39, 0.29) is 0 Å². The third kappa shape index (κ3) is 8.46. The van der Waals surface area contributed by atoms with Crippen molar-refractivity contribution >= 4 is 29.5 Å². The molecule has 0 amide bonds. The van der Waals surface area contributed by atoms with E-state index in [1.54, 1.807) is 11.8 Å². The summed E-state index contributed by atoms with van der Waals surface area (Å²) in [6.45, 7) is 4.30. The Balaban J connectivity index is 3.21. The minimum Gasteiger partial charge on any atom is -0.480 e. The summed E-state index contributed by atoms with van der Waals surface area (Å²) in [5.74, 6) is 1.64. The van der Waals surface area contributed by atoms with Gasteiger partial charge in [-0.05, 0) is 5.25 Å². The van der Waals surface area contributed by atoms with Gasteiger partial charge >= 0.3 is 5.97 Å². The average Bonchev–Trinajstić information content (AvgIpc) is 2.02. The van der Waals surface area contributed by atoms with Crippen LogP contribution in [0.2, 0.25) is 0 Å². The molecule has 0 saturated carbocycles. The summed E-state index contributed by atoms with van der Waals surface area (Å²) in [7, 11) is 0. The second-order valence-corrected chi connectivity index (χ2v) is 5.77.